The Labute approximate surface area is 56.5 Å². The van der Waals surface area contributed by atoms with E-state index in [0.29, 0.717) is 0 Å². The van der Waals surface area contributed by atoms with Crippen LogP contribution in [0.3, 0.4) is 0 Å². The summed E-state index contributed by atoms with van der Waals surface area (Å²) in [5, 5.41) is 0.873. The maximum absolute atomic E-state index is 5.62. The molecule has 0 unspecified atom stereocenters. The zero-order valence-electron chi connectivity index (χ0n) is 5.96. The van der Waals surface area contributed by atoms with Crippen LogP contribution in [0.1, 0.15) is 27.7 Å². The van der Waals surface area contributed by atoms with Gasteiger partial charge in [0.15, 0.2) is 0 Å². The second-order valence-corrected chi connectivity index (χ2v) is 3.69. The Bertz CT molecular complexity index is 91.4. The lowest BCUT2D eigenvalue weighted by Crippen LogP contribution is -1.98. The molecule has 8 heavy (non-hydrogen) atoms. The van der Waals surface area contributed by atoms with Gasteiger partial charge in [-0.15, -0.1) is 0 Å². The fraction of sp³-hybridized carbons (Fsp3) is 0.714. The first kappa shape index (κ1) is 8.03. The second kappa shape index (κ2) is 2.54. The van der Waals surface area contributed by atoms with Crippen LogP contribution in [-0.2, 0) is 0 Å². The Hall–Kier alpha value is 0.0300. The van der Waals surface area contributed by atoms with Gasteiger partial charge in [0.1, 0.15) is 0 Å². The summed E-state index contributed by atoms with van der Waals surface area (Å²) >= 11 is 5.62. The number of hydrogen-bond acceptors (Lipinski definition) is 0. The van der Waals surface area contributed by atoms with Crippen LogP contribution in [0.15, 0.2) is 11.1 Å². The molecule has 0 saturated heterocycles. The molecule has 0 radical (unpaired) electrons. The number of halogens is 1. The SMILES string of the molecule is C/C(Cl)=C\C(C)(C)C. The summed E-state index contributed by atoms with van der Waals surface area (Å²) in [6.45, 7) is 8.27. The molecule has 0 fully saturated rings. The molecule has 0 nitrogen and oxygen atoms in total. The van der Waals surface area contributed by atoms with Crippen molar-refractivity contribution in [3.63, 3.8) is 0 Å². The van der Waals surface area contributed by atoms with Crippen molar-refractivity contribution >= 4 is 11.6 Å². The molecule has 0 aliphatic carbocycles. The van der Waals surface area contributed by atoms with Crippen LogP contribution in [-0.4, -0.2) is 0 Å². The Morgan fingerprint density at radius 2 is 1.75 bits per heavy atom. The third-order valence-electron chi connectivity index (χ3n) is 0.632. The molecule has 0 aromatic carbocycles. The van der Waals surface area contributed by atoms with Crippen molar-refractivity contribution in [3.8, 4) is 0 Å². The van der Waals surface area contributed by atoms with Gasteiger partial charge in [0.2, 0.25) is 0 Å². The molecule has 0 aliphatic rings. The van der Waals surface area contributed by atoms with E-state index in [2.05, 4.69) is 20.8 Å². The lowest BCUT2D eigenvalue weighted by atomic mass is 9.97. The van der Waals surface area contributed by atoms with E-state index >= 15 is 0 Å². The molecule has 0 spiro atoms. The van der Waals surface area contributed by atoms with Crippen LogP contribution in [0.25, 0.3) is 0 Å². The normalized spacial score (nSPS) is 14.4. The van der Waals surface area contributed by atoms with Gasteiger partial charge in [-0.25, -0.2) is 0 Å². The molecule has 48 valence electrons. The van der Waals surface area contributed by atoms with Gasteiger partial charge < -0.3 is 0 Å². The molecule has 0 amide bonds. The summed E-state index contributed by atoms with van der Waals surface area (Å²) in [7, 11) is 0. The van der Waals surface area contributed by atoms with Crippen molar-refractivity contribution in [2.45, 2.75) is 27.7 Å². The molecule has 0 heterocycles. The molecule has 0 aliphatic heterocycles. The highest BCUT2D eigenvalue weighted by molar-refractivity contribution is 6.29. The summed E-state index contributed by atoms with van der Waals surface area (Å²) < 4.78 is 0. The van der Waals surface area contributed by atoms with Gasteiger partial charge in [0, 0.05) is 5.03 Å². The summed E-state index contributed by atoms with van der Waals surface area (Å²) in [5.74, 6) is 0. The minimum absolute atomic E-state index is 0.228. The lowest BCUT2D eigenvalue weighted by Gasteiger charge is -2.10. The van der Waals surface area contributed by atoms with Gasteiger partial charge in [0.25, 0.3) is 0 Å². The topological polar surface area (TPSA) is 0 Å². The van der Waals surface area contributed by atoms with Crippen LogP contribution in [0.5, 0.6) is 0 Å². The lowest BCUT2D eigenvalue weighted by molar-refractivity contribution is 0.542. The molecule has 0 aromatic rings. The third-order valence-corrected chi connectivity index (χ3v) is 0.741. The average molecular weight is 133 g/mol. The maximum atomic E-state index is 5.62. The number of allylic oxidation sites excluding steroid dienone is 2. The molecule has 0 atom stereocenters. The van der Waals surface area contributed by atoms with Crippen LogP contribution < -0.4 is 0 Å². The number of hydrogen-bond donors (Lipinski definition) is 0. The quantitative estimate of drug-likeness (QED) is 0.475. The largest absolute Gasteiger partial charge is 0.0898 e. The number of rotatable bonds is 0. The first-order chi connectivity index (χ1) is 3.42. The van der Waals surface area contributed by atoms with E-state index in [1.54, 1.807) is 0 Å². The molecular formula is C7H13Cl. The van der Waals surface area contributed by atoms with E-state index in [9.17, 15) is 0 Å². The van der Waals surface area contributed by atoms with Crippen molar-refractivity contribution in [1.29, 1.82) is 0 Å². The van der Waals surface area contributed by atoms with Crippen molar-refractivity contribution in [2.75, 3.05) is 0 Å². The Kier molecular flexibility index (Phi) is 2.55. The van der Waals surface area contributed by atoms with Gasteiger partial charge in [-0.3, -0.25) is 0 Å². The van der Waals surface area contributed by atoms with Crippen LogP contribution in [0.2, 0.25) is 0 Å². The highest BCUT2D eigenvalue weighted by atomic mass is 35.5. The van der Waals surface area contributed by atoms with Crippen LogP contribution in [0.4, 0.5) is 0 Å². The average Bonchev–Trinajstić information content (AvgIpc) is 1.21. The Balaban J connectivity index is 3.89. The van der Waals surface area contributed by atoms with Gasteiger partial charge in [-0.2, -0.15) is 0 Å². The van der Waals surface area contributed by atoms with Crippen molar-refractivity contribution in [2.24, 2.45) is 5.41 Å². The molecule has 0 aromatic heterocycles. The van der Waals surface area contributed by atoms with Crippen LogP contribution in [0, 0.1) is 5.41 Å². The van der Waals surface area contributed by atoms with E-state index in [1.807, 2.05) is 13.0 Å². The summed E-state index contributed by atoms with van der Waals surface area (Å²) in [4.78, 5) is 0. The zero-order valence-corrected chi connectivity index (χ0v) is 6.71. The summed E-state index contributed by atoms with van der Waals surface area (Å²) in [6.07, 6.45) is 2.04. The molecule has 0 rings (SSSR count). The zero-order chi connectivity index (χ0) is 6.78. The molecular weight excluding hydrogens is 120 g/mol. The Morgan fingerprint density at radius 3 is 1.75 bits per heavy atom. The van der Waals surface area contributed by atoms with Crippen molar-refractivity contribution in [3.05, 3.63) is 11.1 Å². The Morgan fingerprint density at radius 1 is 1.38 bits per heavy atom. The third kappa shape index (κ3) is 6.03. The second-order valence-electron chi connectivity index (χ2n) is 3.10. The fourth-order valence-corrected chi connectivity index (χ4v) is 0.924. The summed E-state index contributed by atoms with van der Waals surface area (Å²) in [6, 6.07) is 0. The van der Waals surface area contributed by atoms with Gasteiger partial charge in [-0.1, -0.05) is 38.4 Å². The van der Waals surface area contributed by atoms with Crippen molar-refractivity contribution in [1.82, 2.24) is 0 Å². The summed E-state index contributed by atoms with van der Waals surface area (Å²) in [5.41, 5.74) is 0.228. The smallest absolute Gasteiger partial charge is 0.0115 e. The van der Waals surface area contributed by atoms with E-state index < -0.39 is 0 Å². The van der Waals surface area contributed by atoms with Gasteiger partial charge in [-0.05, 0) is 12.3 Å². The van der Waals surface area contributed by atoms with E-state index in [4.69, 9.17) is 11.6 Å². The van der Waals surface area contributed by atoms with E-state index in [-0.39, 0.29) is 5.41 Å². The minimum atomic E-state index is 0.228. The molecule has 1 heteroatoms. The first-order valence-electron chi connectivity index (χ1n) is 2.77. The molecule has 0 N–H and O–H groups in total. The van der Waals surface area contributed by atoms with Gasteiger partial charge in [0.05, 0.1) is 0 Å². The van der Waals surface area contributed by atoms with Gasteiger partial charge >= 0.3 is 0 Å². The fourth-order valence-electron chi connectivity index (χ4n) is 0.597. The van der Waals surface area contributed by atoms with E-state index in [1.165, 1.54) is 0 Å². The van der Waals surface area contributed by atoms with Crippen LogP contribution >= 0.6 is 11.6 Å². The standard InChI is InChI=1S/C7H13Cl/c1-6(8)5-7(2,3)4/h5H,1-4H3/b6-5+. The monoisotopic (exact) mass is 132 g/mol. The highest BCUT2D eigenvalue weighted by Gasteiger charge is 2.04. The predicted molar refractivity (Wildman–Crippen MR) is 39.1 cm³/mol. The first-order valence-corrected chi connectivity index (χ1v) is 3.14. The predicted octanol–water partition coefficient (Wildman–Crippen LogP) is 3.18. The maximum Gasteiger partial charge on any atom is 0.0115 e. The molecule has 0 bridgehead atoms. The van der Waals surface area contributed by atoms with E-state index in [0.717, 1.165) is 5.03 Å². The minimum Gasteiger partial charge on any atom is -0.0898 e. The van der Waals surface area contributed by atoms with Crippen molar-refractivity contribution < 1.29 is 0 Å². The highest BCUT2D eigenvalue weighted by Crippen LogP contribution is 2.18. The molecule has 0 saturated carbocycles.